The third kappa shape index (κ3) is 3.95. The summed E-state index contributed by atoms with van der Waals surface area (Å²) in [6.07, 6.45) is -4.44. The number of hydrogen-bond acceptors (Lipinski definition) is 2. The molecule has 0 aromatic heterocycles. The fourth-order valence-electron chi connectivity index (χ4n) is 0.280. The third-order valence-electron chi connectivity index (χ3n) is 0.661. The van der Waals surface area contributed by atoms with Crippen LogP contribution in [0.2, 0.25) is 0 Å². The first-order chi connectivity index (χ1) is 3.66. The average molecular weight is 126 g/mol. The van der Waals surface area contributed by atoms with Crippen LogP contribution in [0.25, 0.3) is 0 Å². The maximum absolute atomic E-state index is 11.2. The van der Waals surface area contributed by atoms with Gasteiger partial charge < -0.3 is 10.2 Å². The first kappa shape index (κ1) is 7.78. The number of alkyl halides is 2. The minimum atomic E-state index is -2.53. The van der Waals surface area contributed by atoms with Crippen LogP contribution in [0.4, 0.5) is 8.78 Å². The van der Waals surface area contributed by atoms with Crippen LogP contribution in [-0.4, -0.2) is 29.3 Å². The highest BCUT2D eigenvalue weighted by molar-refractivity contribution is 4.52. The first-order valence-electron chi connectivity index (χ1n) is 2.24. The minimum Gasteiger partial charge on any atom is -0.394 e. The predicted octanol–water partition coefficient (Wildman–Crippen LogP) is -0.00520. The molecule has 2 N–H and O–H groups in total. The molecule has 0 spiro atoms. The molecule has 0 rings (SSSR count). The largest absolute Gasteiger partial charge is 0.394 e. The van der Waals surface area contributed by atoms with E-state index in [0.717, 1.165) is 0 Å². The average Bonchev–Trinajstić information content (AvgIpc) is 1.65. The summed E-state index contributed by atoms with van der Waals surface area (Å²) in [6.45, 7) is -0.593. The maximum atomic E-state index is 11.2. The van der Waals surface area contributed by atoms with E-state index in [1.165, 1.54) is 0 Å². The van der Waals surface area contributed by atoms with E-state index in [1.807, 2.05) is 0 Å². The summed E-state index contributed by atoms with van der Waals surface area (Å²) < 4.78 is 22.4. The molecule has 0 heterocycles. The molecule has 0 amide bonds. The van der Waals surface area contributed by atoms with Gasteiger partial charge in [0, 0.05) is 6.42 Å². The maximum Gasteiger partial charge on any atom is 0.241 e. The standard InChI is InChI=1S/C4H8F2O2/c5-4(6)1-3(8)2-7/h3-4,7-8H,1-2H2/t3-/m1/s1. The lowest BCUT2D eigenvalue weighted by Gasteiger charge is -2.03. The van der Waals surface area contributed by atoms with Gasteiger partial charge in [0.2, 0.25) is 6.43 Å². The van der Waals surface area contributed by atoms with E-state index in [-0.39, 0.29) is 0 Å². The Hall–Kier alpha value is -0.220. The fraction of sp³-hybridized carbons (Fsp3) is 1.00. The summed E-state index contributed by atoms with van der Waals surface area (Å²) in [5.41, 5.74) is 0. The Labute approximate surface area is 45.8 Å². The number of rotatable bonds is 3. The van der Waals surface area contributed by atoms with Crippen LogP contribution in [0.1, 0.15) is 6.42 Å². The molecular formula is C4H8F2O2. The third-order valence-corrected chi connectivity index (χ3v) is 0.661. The van der Waals surface area contributed by atoms with Gasteiger partial charge in [0.05, 0.1) is 12.7 Å². The first-order valence-corrected chi connectivity index (χ1v) is 2.24. The molecule has 8 heavy (non-hydrogen) atoms. The van der Waals surface area contributed by atoms with Gasteiger partial charge in [0.1, 0.15) is 0 Å². The number of aliphatic hydroxyl groups is 2. The smallest absolute Gasteiger partial charge is 0.241 e. The minimum absolute atomic E-state index is 0.593. The second-order valence-corrected chi connectivity index (χ2v) is 1.46. The molecule has 0 saturated carbocycles. The second-order valence-electron chi connectivity index (χ2n) is 1.46. The summed E-state index contributed by atoms with van der Waals surface area (Å²) in [5, 5.41) is 16.3. The van der Waals surface area contributed by atoms with Gasteiger partial charge in [-0.15, -0.1) is 0 Å². The van der Waals surface area contributed by atoms with Crippen molar-refractivity contribution in [2.45, 2.75) is 19.0 Å². The Morgan fingerprint density at radius 2 is 1.88 bits per heavy atom. The molecule has 50 valence electrons. The molecule has 0 aliphatic rings. The van der Waals surface area contributed by atoms with Crippen molar-refractivity contribution in [3.63, 3.8) is 0 Å². The van der Waals surface area contributed by atoms with E-state index >= 15 is 0 Å². The lowest BCUT2D eigenvalue weighted by molar-refractivity contribution is 0.0285. The van der Waals surface area contributed by atoms with E-state index < -0.39 is 25.6 Å². The molecule has 0 bridgehead atoms. The van der Waals surface area contributed by atoms with Gasteiger partial charge in [-0.3, -0.25) is 0 Å². The SMILES string of the molecule is OC[C@H](O)CC(F)F. The Morgan fingerprint density at radius 3 is 2.00 bits per heavy atom. The van der Waals surface area contributed by atoms with Crippen molar-refractivity contribution in [3.05, 3.63) is 0 Å². The highest BCUT2D eigenvalue weighted by Crippen LogP contribution is 2.01. The van der Waals surface area contributed by atoms with Crippen molar-refractivity contribution >= 4 is 0 Å². The van der Waals surface area contributed by atoms with Crippen molar-refractivity contribution < 1.29 is 19.0 Å². The molecule has 0 aromatic rings. The lowest BCUT2D eigenvalue weighted by atomic mass is 10.3. The Morgan fingerprint density at radius 1 is 1.38 bits per heavy atom. The zero-order valence-electron chi connectivity index (χ0n) is 4.22. The van der Waals surface area contributed by atoms with Crippen LogP contribution in [0, 0.1) is 0 Å². The quantitative estimate of drug-likeness (QED) is 0.558. The Balaban J connectivity index is 3.10. The zero-order valence-corrected chi connectivity index (χ0v) is 4.22. The highest BCUT2D eigenvalue weighted by Gasteiger charge is 2.09. The summed E-state index contributed by atoms with van der Waals surface area (Å²) in [5.74, 6) is 0. The molecule has 1 atom stereocenters. The summed E-state index contributed by atoms with van der Waals surface area (Å²) >= 11 is 0. The van der Waals surface area contributed by atoms with Crippen molar-refractivity contribution in [2.75, 3.05) is 6.61 Å². The van der Waals surface area contributed by atoms with Gasteiger partial charge in [-0.25, -0.2) is 8.78 Å². The zero-order chi connectivity index (χ0) is 6.57. The predicted molar refractivity (Wildman–Crippen MR) is 23.7 cm³/mol. The Kier molecular flexibility index (Phi) is 3.64. The molecular weight excluding hydrogens is 118 g/mol. The summed E-state index contributed by atoms with van der Waals surface area (Å²) in [6, 6.07) is 0. The monoisotopic (exact) mass is 126 g/mol. The summed E-state index contributed by atoms with van der Waals surface area (Å²) in [4.78, 5) is 0. The normalized spacial score (nSPS) is 14.6. The van der Waals surface area contributed by atoms with Crippen molar-refractivity contribution in [2.24, 2.45) is 0 Å². The molecule has 0 fully saturated rings. The van der Waals surface area contributed by atoms with Gasteiger partial charge in [0.15, 0.2) is 0 Å². The highest BCUT2D eigenvalue weighted by atomic mass is 19.3. The van der Waals surface area contributed by atoms with Crippen molar-refractivity contribution in [1.82, 2.24) is 0 Å². The molecule has 4 heteroatoms. The van der Waals surface area contributed by atoms with E-state index in [4.69, 9.17) is 10.2 Å². The molecule has 0 aromatic carbocycles. The van der Waals surface area contributed by atoms with Crippen LogP contribution in [-0.2, 0) is 0 Å². The van der Waals surface area contributed by atoms with Gasteiger partial charge in [0.25, 0.3) is 0 Å². The van der Waals surface area contributed by atoms with Crippen LogP contribution < -0.4 is 0 Å². The number of halogens is 2. The molecule has 0 aliphatic carbocycles. The van der Waals surface area contributed by atoms with Crippen LogP contribution in [0.3, 0.4) is 0 Å². The van der Waals surface area contributed by atoms with Crippen LogP contribution in [0.15, 0.2) is 0 Å². The molecule has 0 saturated heterocycles. The molecule has 2 nitrogen and oxygen atoms in total. The Bertz CT molecular complexity index is 58.0. The fourth-order valence-corrected chi connectivity index (χ4v) is 0.280. The lowest BCUT2D eigenvalue weighted by Crippen LogP contribution is -2.15. The van der Waals surface area contributed by atoms with E-state index in [9.17, 15) is 8.78 Å². The van der Waals surface area contributed by atoms with E-state index in [2.05, 4.69) is 0 Å². The van der Waals surface area contributed by atoms with E-state index in [1.54, 1.807) is 0 Å². The second kappa shape index (κ2) is 3.74. The van der Waals surface area contributed by atoms with Crippen molar-refractivity contribution in [1.29, 1.82) is 0 Å². The van der Waals surface area contributed by atoms with Gasteiger partial charge in [-0.1, -0.05) is 0 Å². The summed E-state index contributed by atoms with van der Waals surface area (Å²) in [7, 11) is 0. The molecule has 0 unspecified atom stereocenters. The van der Waals surface area contributed by atoms with Gasteiger partial charge in [-0.2, -0.15) is 0 Å². The van der Waals surface area contributed by atoms with Gasteiger partial charge >= 0.3 is 0 Å². The number of aliphatic hydroxyl groups excluding tert-OH is 2. The number of hydrogen-bond donors (Lipinski definition) is 2. The molecule has 0 aliphatic heterocycles. The molecule has 0 radical (unpaired) electrons. The van der Waals surface area contributed by atoms with Crippen LogP contribution >= 0.6 is 0 Å². The topological polar surface area (TPSA) is 40.5 Å². The van der Waals surface area contributed by atoms with E-state index in [0.29, 0.717) is 0 Å². The van der Waals surface area contributed by atoms with Crippen LogP contribution in [0.5, 0.6) is 0 Å². The van der Waals surface area contributed by atoms with Crippen molar-refractivity contribution in [3.8, 4) is 0 Å². The van der Waals surface area contributed by atoms with Gasteiger partial charge in [-0.05, 0) is 0 Å².